The number of hydrogen-bond donors (Lipinski definition) is 3. The van der Waals surface area contributed by atoms with Gasteiger partial charge in [0, 0.05) is 24.8 Å². The number of para-hydroxylation sites is 2. The zero-order chi connectivity index (χ0) is 18.5. The molecule has 0 aliphatic carbocycles. The van der Waals surface area contributed by atoms with E-state index in [1.165, 1.54) is 38.6 Å². The van der Waals surface area contributed by atoms with E-state index in [2.05, 4.69) is 24.5 Å². The summed E-state index contributed by atoms with van der Waals surface area (Å²) in [4.78, 5) is 1.85. The monoisotopic (exact) mass is 376 g/mol. The van der Waals surface area contributed by atoms with Gasteiger partial charge in [0.05, 0.1) is 30.9 Å². The van der Waals surface area contributed by atoms with Gasteiger partial charge in [0.2, 0.25) is 0 Å². The van der Waals surface area contributed by atoms with E-state index in [-0.39, 0.29) is 0 Å². The average Bonchev–Trinajstić information content (AvgIpc) is 2.57. The minimum absolute atomic E-state index is 0.487. The summed E-state index contributed by atoms with van der Waals surface area (Å²) in [7, 11) is 0. The lowest BCUT2D eigenvalue weighted by molar-refractivity contribution is -0.963. The van der Waals surface area contributed by atoms with E-state index >= 15 is 0 Å². The maximum atomic E-state index is 5.69. The molecule has 2 fully saturated rings. The smallest absolute Gasteiger partial charge is 0.171 e. The van der Waals surface area contributed by atoms with Crippen LogP contribution in [-0.2, 0) is 0 Å². The highest BCUT2D eigenvalue weighted by Gasteiger charge is 2.41. The quantitative estimate of drug-likeness (QED) is 0.668. The van der Waals surface area contributed by atoms with Crippen LogP contribution in [0.4, 0.5) is 5.69 Å². The summed E-state index contributed by atoms with van der Waals surface area (Å²) in [6, 6.07) is 10.1. The maximum Gasteiger partial charge on any atom is 0.171 e. The lowest BCUT2D eigenvalue weighted by atomic mass is 9.81. The molecule has 26 heavy (non-hydrogen) atoms. The second-order valence-electron chi connectivity index (χ2n) is 8.19. The number of thiocarbonyl (C=S) groups is 1. The summed E-state index contributed by atoms with van der Waals surface area (Å²) in [6.45, 7) is 8.66. The first-order valence-electron chi connectivity index (χ1n) is 10.2. The molecule has 5 heteroatoms. The minimum atomic E-state index is 0.487. The third-order valence-corrected chi connectivity index (χ3v) is 5.93. The Hall–Kier alpha value is -1.33. The summed E-state index contributed by atoms with van der Waals surface area (Å²) in [5.74, 6) is 1.63. The van der Waals surface area contributed by atoms with Crippen molar-refractivity contribution in [3.8, 4) is 5.75 Å². The molecule has 0 saturated carbocycles. The summed E-state index contributed by atoms with van der Waals surface area (Å²) in [6.07, 6.45) is 6.59. The predicted molar refractivity (Wildman–Crippen MR) is 112 cm³/mol. The number of piperidine rings is 2. The van der Waals surface area contributed by atoms with Gasteiger partial charge in [0.25, 0.3) is 0 Å². The Morgan fingerprint density at radius 3 is 2.58 bits per heavy atom. The number of nitrogens with one attached hydrogen (secondary N) is 3. The molecule has 2 atom stereocenters. The second kappa shape index (κ2) is 9.05. The van der Waals surface area contributed by atoms with E-state index in [1.807, 2.05) is 36.1 Å². The fourth-order valence-corrected chi connectivity index (χ4v) is 5.03. The number of quaternary nitrogens is 1. The fraction of sp³-hybridized carbons (Fsp3) is 0.667. The first-order chi connectivity index (χ1) is 12.6. The van der Waals surface area contributed by atoms with Gasteiger partial charge in [-0.05, 0) is 50.5 Å². The summed E-state index contributed by atoms with van der Waals surface area (Å²) < 4.78 is 5.69. The number of hydrogen-bond acceptors (Lipinski definition) is 2. The molecule has 2 bridgehead atoms. The molecule has 2 heterocycles. The van der Waals surface area contributed by atoms with Gasteiger partial charge in [0.1, 0.15) is 5.75 Å². The van der Waals surface area contributed by atoms with Crippen molar-refractivity contribution >= 4 is 23.0 Å². The molecular weight excluding hydrogens is 342 g/mol. The number of benzene rings is 1. The zero-order valence-electron chi connectivity index (χ0n) is 16.4. The molecule has 2 saturated heterocycles. The molecule has 0 amide bonds. The van der Waals surface area contributed by atoms with Crippen molar-refractivity contribution < 1.29 is 9.64 Å². The highest BCUT2D eigenvalue weighted by molar-refractivity contribution is 7.80. The Morgan fingerprint density at radius 2 is 1.92 bits per heavy atom. The lowest BCUT2D eigenvalue weighted by Crippen LogP contribution is -3.21. The van der Waals surface area contributed by atoms with Gasteiger partial charge >= 0.3 is 0 Å². The van der Waals surface area contributed by atoms with Crippen molar-refractivity contribution in [1.82, 2.24) is 5.32 Å². The summed E-state index contributed by atoms with van der Waals surface area (Å²) in [5, 5.41) is 7.65. The first-order valence-corrected chi connectivity index (χ1v) is 10.6. The SMILES string of the molecule is CCOc1ccccc1NC(=S)NC1C[C@H]2CCC[C@H](C1)[NH+]2CC(C)C. The van der Waals surface area contributed by atoms with Gasteiger partial charge in [-0.2, -0.15) is 0 Å². The van der Waals surface area contributed by atoms with Crippen LogP contribution in [0.1, 0.15) is 52.9 Å². The molecule has 0 unspecified atom stereocenters. The summed E-state index contributed by atoms with van der Waals surface area (Å²) >= 11 is 5.61. The van der Waals surface area contributed by atoms with E-state index in [1.54, 1.807) is 0 Å². The molecule has 0 radical (unpaired) electrons. The Morgan fingerprint density at radius 1 is 1.23 bits per heavy atom. The highest BCUT2D eigenvalue weighted by atomic mass is 32.1. The van der Waals surface area contributed by atoms with Crippen LogP contribution < -0.4 is 20.3 Å². The van der Waals surface area contributed by atoms with Crippen LogP contribution in [0.3, 0.4) is 0 Å². The minimum Gasteiger partial charge on any atom is -0.492 e. The molecule has 3 N–H and O–H groups in total. The normalized spacial score (nSPS) is 27.8. The average molecular weight is 377 g/mol. The maximum absolute atomic E-state index is 5.69. The van der Waals surface area contributed by atoms with Gasteiger partial charge < -0.3 is 20.3 Å². The van der Waals surface area contributed by atoms with Crippen molar-refractivity contribution in [3.05, 3.63) is 24.3 Å². The number of rotatable bonds is 6. The number of ether oxygens (including phenoxy) is 1. The van der Waals surface area contributed by atoms with E-state index in [9.17, 15) is 0 Å². The van der Waals surface area contributed by atoms with Crippen molar-refractivity contribution in [2.24, 2.45) is 5.92 Å². The van der Waals surface area contributed by atoms with Crippen molar-refractivity contribution in [2.75, 3.05) is 18.5 Å². The van der Waals surface area contributed by atoms with Crippen molar-refractivity contribution in [3.63, 3.8) is 0 Å². The van der Waals surface area contributed by atoms with Crippen LogP contribution in [0.25, 0.3) is 0 Å². The Kier molecular flexibility index (Phi) is 6.76. The van der Waals surface area contributed by atoms with Gasteiger partial charge in [-0.1, -0.05) is 26.0 Å². The third-order valence-electron chi connectivity index (χ3n) is 5.71. The van der Waals surface area contributed by atoms with Gasteiger partial charge in [-0.3, -0.25) is 0 Å². The van der Waals surface area contributed by atoms with Crippen LogP contribution in [0.5, 0.6) is 5.75 Å². The van der Waals surface area contributed by atoms with Crippen LogP contribution in [0.2, 0.25) is 0 Å². The third kappa shape index (κ3) is 4.89. The lowest BCUT2D eigenvalue weighted by Gasteiger charge is -2.46. The molecule has 3 rings (SSSR count). The van der Waals surface area contributed by atoms with E-state index in [0.717, 1.165) is 29.4 Å². The van der Waals surface area contributed by atoms with Crippen LogP contribution in [0.15, 0.2) is 24.3 Å². The van der Waals surface area contributed by atoms with E-state index in [0.29, 0.717) is 17.8 Å². The number of fused-ring (bicyclic) bond motifs is 2. The van der Waals surface area contributed by atoms with E-state index in [4.69, 9.17) is 17.0 Å². The zero-order valence-corrected chi connectivity index (χ0v) is 17.2. The van der Waals surface area contributed by atoms with Gasteiger partial charge in [-0.15, -0.1) is 0 Å². The summed E-state index contributed by atoms with van der Waals surface area (Å²) in [5.41, 5.74) is 0.940. The Labute approximate surface area is 163 Å². The molecule has 0 aromatic heterocycles. The van der Waals surface area contributed by atoms with E-state index < -0.39 is 0 Å². The van der Waals surface area contributed by atoms with Gasteiger partial charge in [0.15, 0.2) is 5.11 Å². The standard InChI is InChI=1S/C21H33N3OS/c1-4-25-20-11-6-5-10-19(20)23-21(26)22-16-12-17-8-7-9-18(13-16)24(17)14-15(2)3/h5-6,10-11,15-18H,4,7-9,12-14H2,1-3H3,(H2,22,23,26)/p+1/t17-,18-/m1/s1. The molecule has 4 nitrogen and oxygen atoms in total. The van der Waals surface area contributed by atoms with Crippen LogP contribution in [-0.4, -0.2) is 36.4 Å². The molecule has 2 aliphatic heterocycles. The number of anilines is 1. The predicted octanol–water partition coefficient (Wildman–Crippen LogP) is 3.00. The highest BCUT2D eigenvalue weighted by Crippen LogP contribution is 2.25. The molecule has 144 valence electrons. The molecule has 1 aromatic carbocycles. The largest absolute Gasteiger partial charge is 0.492 e. The topological polar surface area (TPSA) is 37.7 Å². The Bertz CT molecular complexity index is 593. The molecular formula is C21H34N3OS+. The van der Waals surface area contributed by atoms with Gasteiger partial charge in [-0.25, -0.2) is 0 Å². The first kappa shape index (κ1) is 19.4. The molecule has 1 aromatic rings. The molecule has 2 aliphatic rings. The van der Waals surface area contributed by atoms with Crippen molar-refractivity contribution in [2.45, 2.75) is 71.0 Å². The Balaban J connectivity index is 1.57. The van der Waals surface area contributed by atoms with Crippen molar-refractivity contribution in [1.29, 1.82) is 0 Å². The molecule has 0 spiro atoms. The second-order valence-corrected chi connectivity index (χ2v) is 8.60. The fourth-order valence-electron chi connectivity index (χ4n) is 4.75. The van der Waals surface area contributed by atoms with Crippen LogP contribution in [0, 0.1) is 5.92 Å². The van der Waals surface area contributed by atoms with Crippen LogP contribution >= 0.6 is 12.2 Å².